The summed E-state index contributed by atoms with van der Waals surface area (Å²) in [7, 11) is 0. The van der Waals surface area contributed by atoms with Gasteiger partial charge in [0.2, 0.25) is 0 Å². The molecular formula is C20H33N5O. The van der Waals surface area contributed by atoms with Crippen LogP contribution in [-0.2, 0) is 0 Å². The van der Waals surface area contributed by atoms with Gasteiger partial charge in [-0.2, -0.15) is 0 Å². The molecule has 144 valence electrons. The molecule has 0 bridgehead atoms. The van der Waals surface area contributed by atoms with Crippen LogP contribution in [0.15, 0.2) is 16.4 Å². The Balaban J connectivity index is 1.46. The number of aliphatic imine (C=N–C) groups is 1. The van der Waals surface area contributed by atoms with Crippen molar-refractivity contribution in [3.05, 3.63) is 11.4 Å². The third-order valence-corrected chi connectivity index (χ3v) is 6.47. The monoisotopic (exact) mass is 359 g/mol. The molecule has 0 aromatic rings. The molecule has 6 nitrogen and oxygen atoms in total. The molecule has 0 saturated carbocycles. The fourth-order valence-electron chi connectivity index (χ4n) is 5.22. The molecule has 26 heavy (non-hydrogen) atoms. The van der Waals surface area contributed by atoms with Crippen LogP contribution in [0.1, 0.15) is 39.5 Å². The van der Waals surface area contributed by atoms with Crippen molar-refractivity contribution >= 4 is 12.2 Å². The van der Waals surface area contributed by atoms with E-state index in [9.17, 15) is 4.79 Å². The number of carbonyl (C=O) groups excluding carboxylic acids is 1. The molecule has 4 aliphatic rings. The van der Waals surface area contributed by atoms with Crippen molar-refractivity contribution < 1.29 is 4.79 Å². The van der Waals surface area contributed by atoms with Crippen LogP contribution in [0.2, 0.25) is 0 Å². The van der Waals surface area contributed by atoms with Crippen LogP contribution < -0.4 is 16.0 Å². The van der Waals surface area contributed by atoms with E-state index in [0.717, 1.165) is 52.0 Å². The van der Waals surface area contributed by atoms with Crippen molar-refractivity contribution in [2.24, 2.45) is 28.7 Å². The van der Waals surface area contributed by atoms with E-state index in [1.807, 2.05) is 0 Å². The molecule has 1 fully saturated rings. The Labute approximate surface area is 156 Å². The van der Waals surface area contributed by atoms with Crippen molar-refractivity contribution in [3.63, 3.8) is 0 Å². The zero-order chi connectivity index (χ0) is 18.1. The first kappa shape index (κ1) is 17.7. The lowest BCUT2D eigenvalue weighted by Gasteiger charge is -2.45. The zero-order valence-electron chi connectivity index (χ0n) is 16.1. The Morgan fingerprint density at radius 1 is 1.42 bits per heavy atom. The molecule has 2 unspecified atom stereocenters. The van der Waals surface area contributed by atoms with Gasteiger partial charge in [-0.1, -0.05) is 13.8 Å². The third kappa shape index (κ3) is 3.42. The molecule has 4 aliphatic heterocycles. The van der Waals surface area contributed by atoms with Gasteiger partial charge in [0, 0.05) is 38.6 Å². The molecule has 3 N–H and O–H groups in total. The maximum atomic E-state index is 12.6. The maximum absolute atomic E-state index is 12.6. The summed E-state index contributed by atoms with van der Waals surface area (Å²) in [6.45, 7) is 8.81. The zero-order valence-corrected chi connectivity index (χ0v) is 16.1. The summed E-state index contributed by atoms with van der Waals surface area (Å²) in [5.74, 6) is 3.51. The van der Waals surface area contributed by atoms with E-state index >= 15 is 0 Å². The first-order chi connectivity index (χ1) is 12.6. The lowest BCUT2D eigenvalue weighted by molar-refractivity contribution is 0.114. The summed E-state index contributed by atoms with van der Waals surface area (Å²) >= 11 is 0. The van der Waals surface area contributed by atoms with Gasteiger partial charge in [-0.15, -0.1) is 0 Å². The number of nitrogens with one attached hydrogen (secondary N) is 3. The van der Waals surface area contributed by atoms with Crippen molar-refractivity contribution in [1.29, 1.82) is 0 Å². The highest BCUT2D eigenvalue weighted by atomic mass is 16.2. The summed E-state index contributed by atoms with van der Waals surface area (Å²) in [6, 6.07) is 0.495. The van der Waals surface area contributed by atoms with Gasteiger partial charge in [0.1, 0.15) is 0 Å². The maximum Gasteiger partial charge on any atom is 0.317 e. The average molecular weight is 360 g/mol. The van der Waals surface area contributed by atoms with Crippen molar-refractivity contribution in [2.75, 3.05) is 32.7 Å². The summed E-state index contributed by atoms with van der Waals surface area (Å²) in [5, 5.41) is 10.1. The van der Waals surface area contributed by atoms with E-state index in [1.54, 1.807) is 5.57 Å². The van der Waals surface area contributed by atoms with Crippen LogP contribution >= 0.6 is 0 Å². The number of hydrogen-bond donors (Lipinski definition) is 3. The van der Waals surface area contributed by atoms with Crippen molar-refractivity contribution in [1.82, 2.24) is 20.9 Å². The highest BCUT2D eigenvalue weighted by molar-refractivity contribution is 5.74. The predicted octanol–water partition coefficient (Wildman–Crippen LogP) is 1.95. The second kappa shape index (κ2) is 7.49. The number of likely N-dealkylation sites (tertiary alicyclic amines) is 1. The summed E-state index contributed by atoms with van der Waals surface area (Å²) in [6.07, 6.45) is 6.70. The number of nitrogens with zero attached hydrogens (tertiary/aromatic N) is 2. The molecule has 0 aromatic carbocycles. The number of piperidine rings is 1. The second-order valence-corrected chi connectivity index (χ2v) is 8.71. The second-order valence-electron chi connectivity index (χ2n) is 8.71. The smallest absolute Gasteiger partial charge is 0.317 e. The average Bonchev–Trinajstić information content (AvgIpc) is 3.14. The minimum Gasteiger partial charge on any atom is -0.372 e. The molecule has 0 aliphatic carbocycles. The van der Waals surface area contributed by atoms with E-state index in [4.69, 9.17) is 4.99 Å². The van der Waals surface area contributed by atoms with Gasteiger partial charge in [-0.3, -0.25) is 4.99 Å². The van der Waals surface area contributed by atoms with E-state index in [-0.39, 0.29) is 6.03 Å². The number of hydrogen-bond acceptors (Lipinski definition) is 4. The molecule has 1 saturated heterocycles. The molecule has 4 rings (SSSR count). The number of fused-ring (bicyclic) bond motifs is 2. The molecule has 4 heterocycles. The highest BCUT2D eigenvalue weighted by Crippen LogP contribution is 2.43. The van der Waals surface area contributed by atoms with Crippen LogP contribution in [0.5, 0.6) is 0 Å². The van der Waals surface area contributed by atoms with Crippen LogP contribution in [-0.4, -0.2) is 55.9 Å². The molecule has 0 radical (unpaired) electrons. The Hall–Kier alpha value is -1.72. The number of rotatable bonds is 3. The first-order valence-corrected chi connectivity index (χ1v) is 10.4. The summed E-state index contributed by atoms with van der Waals surface area (Å²) < 4.78 is 0. The fourth-order valence-corrected chi connectivity index (χ4v) is 5.22. The van der Waals surface area contributed by atoms with Gasteiger partial charge in [0.25, 0.3) is 0 Å². The Morgan fingerprint density at radius 3 is 3.15 bits per heavy atom. The van der Waals surface area contributed by atoms with E-state index < -0.39 is 0 Å². The SMILES string of the molecule is CC(C)CNC(=O)N1CCCC([C@@H]2CC=N[C@@H]3CNC4=C(CCN4)C23)C1. The fraction of sp³-hybridized carbons (Fsp3) is 0.800. The standard InChI is InChI=1S/C20H33N5O/c1-13(2)10-24-20(26)25-9-3-4-14(12-25)15-5-7-21-17-11-23-19-16(18(15)17)6-8-22-19/h7,13-15,17-18,22-23H,3-6,8-12H2,1-2H3,(H,24,26)/t14?,15-,17+,18?/m0/s1. The molecule has 2 amide bonds. The van der Waals surface area contributed by atoms with Crippen LogP contribution in [0.25, 0.3) is 0 Å². The molecular weight excluding hydrogens is 326 g/mol. The van der Waals surface area contributed by atoms with Crippen LogP contribution in [0, 0.1) is 23.7 Å². The van der Waals surface area contributed by atoms with E-state index in [2.05, 4.69) is 40.9 Å². The summed E-state index contributed by atoms with van der Waals surface area (Å²) in [5.41, 5.74) is 1.56. The lowest BCUT2D eigenvalue weighted by atomic mass is 9.68. The van der Waals surface area contributed by atoms with Gasteiger partial charge < -0.3 is 20.9 Å². The molecule has 0 aromatic heterocycles. The van der Waals surface area contributed by atoms with E-state index in [0.29, 0.717) is 29.7 Å². The molecule has 6 heteroatoms. The third-order valence-electron chi connectivity index (χ3n) is 6.47. The topological polar surface area (TPSA) is 68.8 Å². The van der Waals surface area contributed by atoms with Crippen LogP contribution in [0.4, 0.5) is 4.79 Å². The Bertz CT molecular complexity index is 599. The highest BCUT2D eigenvalue weighted by Gasteiger charge is 2.44. The number of amides is 2. The van der Waals surface area contributed by atoms with Crippen molar-refractivity contribution in [3.8, 4) is 0 Å². The quantitative estimate of drug-likeness (QED) is 0.721. The minimum atomic E-state index is 0.122. The molecule has 4 atom stereocenters. The largest absolute Gasteiger partial charge is 0.372 e. The number of urea groups is 1. The van der Waals surface area contributed by atoms with Gasteiger partial charge in [0.15, 0.2) is 0 Å². The molecule has 0 spiro atoms. The minimum absolute atomic E-state index is 0.122. The normalized spacial score (nSPS) is 33.4. The lowest BCUT2D eigenvalue weighted by Crippen LogP contribution is -2.51. The first-order valence-electron chi connectivity index (χ1n) is 10.4. The Kier molecular flexibility index (Phi) is 5.09. The van der Waals surface area contributed by atoms with Gasteiger partial charge in [-0.25, -0.2) is 4.79 Å². The Morgan fingerprint density at radius 2 is 2.31 bits per heavy atom. The van der Waals surface area contributed by atoms with E-state index in [1.165, 1.54) is 12.2 Å². The van der Waals surface area contributed by atoms with Gasteiger partial charge >= 0.3 is 6.03 Å². The van der Waals surface area contributed by atoms with Crippen molar-refractivity contribution in [2.45, 2.75) is 45.6 Å². The van der Waals surface area contributed by atoms with Gasteiger partial charge in [0.05, 0.1) is 11.9 Å². The predicted molar refractivity (Wildman–Crippen MR) is 104 cm³/mol. The number of carbonyl (C=O) groups is 1. The van der Waals surface area contributed by atoms with Gasteiger partial charge in [-0.05, 0) is 55.2 Å². The summed E-state index contributed by atoms with van der Waals surface area (Å²) in [4.78, 5) is 19.4. The van der Waals surface area contributed by atoms with Crippen LogP contribution in [0.3, 0.4) is 0 Å².